The lowest BCUT2D eigenvalue weighted by Crippen LogP contribution is -2.27. The quantitative estimate of drug-likeness (QED) is 0.569. The van der Waals surface area contributed by atoms with Gasteiger partial charge >= 0.3 is 0 Å². The molecule has 0 radical (unpaired) electrons. The lowest BCUT2D eigenvalue weighted by molar-refractivity contribution is -0.123. The zero-order valence-electron chi connectivity index (χ0n) is 15.3. The van der Waals surface area contributed by atoms with Crippen molar-refractivity contribution in [2.75, 3.05) is 6.79 Å². The molecule has 3 aromatic rings. The smallest absolute Gasteiger partial charge is 0.293 e. The van der Waals surface area contributed by atoms with Crippen LogP contribution in [0.1, 0.15) is 11.3 Å². The molecular formula is C20H13ClN4O4S. The summed E-state index contributed by atoms with van der Waals surface area (Å²) in [6.07, 6.45) is 3.30. The number of carbonyl (C=O) groups excluding carboxylic acids is 2. The second kappa shape index (κ2) is 7.51. The maximum Gasteiger partial charge on any atom is 0.293 e. The van der Waals surface area contributed by atoms with Crippen molar-refractivity contribution < 1.29 is 19.1 Å². The molecule has 2 amide bonds. The zero-order valence-corrected chi connectivity index (χ0v) is 16.9. The van der Waals surface area contributed by atoms with Gasteiger partial charge in [-0.25, -0.2) is 4.68 Å². The zero-order chi connectivity index (χ0) is 20.7. The van der Waals surface area contributed by atoms with E-state index < -0.39 is 0 Å². The second-order valence-electron chi connectivity index (χ2n) is 6.49. The van der Waals surface area contributed by atoms with Crippen LogP contribution in [0.15, 0.2) is 53.6 Å². The normalized spacial score (nSPS) is 16.7. The van der Waals surface area contributed by atoms with Gasteiger partial charge in [-0.1, -0.05) is 35.0 Å². The van der Waals surface area contributed by atoms with Crippen molar-refractivity contribution in [1.82, 2.24) is 19.9 Å². The van der Waals surface area contributed by atoms with Gasteiger partial charge in [0, 0.05) is 0 Å². The third kappa shape index (κ3) is 3.42. The number of ether oxygens (including phenoxy) is 2. The molecule has 3 heterocycles. The van der Waals surface area contributed by atoms with Gasteiger partial charge in [-0.05, 0) is 47.7 Å². The first-order valence-corrected chi connectivity index (χ1v) is 10.1. The SMILES string of the molecule is O=C1S/C(=C\c2ccc3c(c2)OCO3)C(=O)N1Cc1cn(-c2ccccc2Cl)nn1. The Kier molecular flexibility index (Phi) is 4.68. The van der Waals surface area contributed by atoms with Crippen LogP contribution in [0.4, 0.5) is 4.79 Å². The Morgan fingerprint density at radius 3 is 2.83 bits per heavy atom. The molecule has 0 atom stereocenters. The number of para-hydroxylation sites is 1. The predicted molar refractivity (Wildman–Crippen MR) is 110 cm³/mol. The monoisotopic (exact) mass is 440 g/mol. The Balaban J connectivity index is 1.35. The van der Waals surface area contributed by atoms with Gasteiger partial charge in [0.05, 0.1) is 28.4 Å². The van der Waals surface area contributed by atoms with Gasteiger partial charge in [0.1, 0.15) is 5.69 Å². The van der Waals surface area contributed by atoms with Crippen molar-refractivity contribution in [3.8, 4) is 17.2 Å². The summed E-state index contributed by atoms with van der Waals surface area (Å²) in [7, 11) is 0. The highest BCUT2D eigenvalue weighted by molar-refractivity contribution is 8.18. The lowest BCUT2D eigenvalue weighted by Gasteiger charge is -2.09. The first kappa shape index (κ1) is 18.7. The number of carbonyl (C=O) groups is 2. The van der Waals surface area contributed by atoms with Crippen molar-refractivity contribution in [3.05, 3.63) is 69.8 Å². The minimum Gasteiger partial charge on any atom is -0.454 e. The molecule has 0 aliphatic carbocycles. The third-order valence-corrected chi connectivity index (χ3v) is 5.76. The molecule has 5 rings (SSSR count). The number of fused-ring (bicyclic) bond motifs is 1. The molecule has 1 fully saturated rings. The number of aromatic nitrogens is 3. The average molecular weight is 441 g/mol. The highest BCUT2D eigenvalue weighted by atomic mass is 35.5. The molecule has 0 unspecified atom stereocenters. The molecule has 0 N–H and O–H groups in total. The molecule has 30 heavy (non-hydrogen) atoms. The number of hydrogen-bond acceptors (Lipinski definition) is 7. The highest BCUT2D eigenvalue weighted by Gasteiger charge is 2.35. The Hall–Kier alpha value is -3.30. The van der Waals surface area contributed by atoms with E-state index in [0.717, 1.165) is 22.2 Å². The van der Waals surface area contributed by atoms with Gasteiger partial charge < -0.3 is 9.47 Å². The summed E-state index contributed by atoms with van der Waals surface area (Å²) in [5.41, 5.74) is 1.88. The second-order valence-corrected chi connectivity index (χ2v) is 7.89. The molecule has 1 saturated heterocycles. The standard InChI is InChI=1S/C20H13ClN4O4S/c21-14-3-1-2-4-15(14)25-10-13(22-23-25)9-24-19(26)18(30-20(24)27)8-12-5-6-16-17(7-12)29-11-28-16/h1-8,10H,9,11H2/b18-8-. The van der Waals surface area contributed by atoms with Crippen LogP contribution in [0.5, 0.6) is 11.5 Å². The Labute approximate surface area is 180 Å². The first-order valence-electron chi connectivity index (χ1n) is 8.89. The fraction of sp³-hybridized carbons (Fsp3) is 0.100. The van der Waals surface area contributed by atoms with E-state index in [1.165, 1.54) is 4.68 Å². The molecular weight excluding hydrogens is 428 g/mol. The number of amides is 2. The van der Waals surface area contributed by atoms with Crippen LogP contribution in [0.2, 0.25) is 5.02 Å². The summed E-state index contributed by atoms with van der Waals surface area (Å²) in [5.74, 6) is 0.885. The number of imide groups is 1. The molecule has 150 valence electrons. The fourth-order valence-electron chi connectivity index (χ4n) is 3.08. The highest BCUT2D eigenvalue weighted by Crippen LogP contribution is 2.36. The van der Waals surface area contributed by atoms with E-state index >= 15 is 0 Å². The first-order chi connectivity index (χ1) is 14.6. The van der Waals surface area contributed by atoms with Crippen molar-refractivity contribution in [2.24, 2.45) is 0 Å². The number of benzene rings is 2. The largest absolute Gasteiger partial charge is 0.454 e. The van der Waals surface area contributed by atoms with E-state index in [9.17, 15) is 9.59 Å². The van der Waals surface area contributed by atoms with Crippen molar-refractivity contribution in [3.63, 3.8) is 0 Å². The molecule has 2 aromatic carbocycles. The van der Waals surface area contributed by atoms with E-state index in [1.54, 1.807) is 42.6 Å². The lowest BCUT2D eigenvalue weighted by atomic mass is 10.2. The summed E-state index contributed by atoms with van der Waals surface area (Å²) in [4.78, 5) is 26.7. The number of hydrogen-bond donors (Lipinski definition) is 0. The predicted octanol–water partition coefficient (Wildman–Crippen LogP) is 3.89. The number of nitrogens with zero attached hydrogens (tertiary/aromatic N) is 4. The number of rotatable bonds is 4. The molecule has 10 heteroatoms. The molecule has 0 spiro atoms. The number of halogens is 1. The topological polar surface area (TPSA) is 86.5 Å². The summed E-state index contributed by atoms with van der Waals surface area (Å²) in [5, 5.41) is 8.27. The molecule has 1 aromatic heterocycles. The van der Waals surface area contributed by atoms with Gasteiger partial charge in [0.15, 0.2) is 11.5 Å². The van der Waals surface area contributed by atoms with E-state index in [-0.39, 0.29) is 24.5 Å². The van der Waals surface area contributed by atoms with Gasteiger partial charge in [0.2, 0.25) is 6.79 Å². The Morgan fingerprint density at radius 1 is 1.13 bits per heavy atom. The van der Waals surface area contributed by atoms with Crippen LogP contribution >= 0.6 is 23.4 Å². The van der Waals surface area contributed by atoms with Crippen LogP contribution in [0.25, 0.3) is 11.8 Å². The van der Waals surface area contributed by atoms with Gasteiger partial charge in [-0.2, -0.15) is 0 Å². The molecule has 2 aliphatic rings. The van der Waals surface area contributed by atoms with Crippen LogP contribution in [0.3, 0.4) is 0 Å². The van der Waals surface area contributed by atoms with Crippen LogP contribution in [-0.4, -0.2) is 37.8 Å². The van der Waals surface area contributed by atoms with Gasteiger partial charge in [0.25, 0.3) is 11.1 Å². The van der Waals surface area contributed by atoms with E-state index in [1.807, 2.05) is 12.1 Å². The van der Waals surface area contributed by atoms with Crippen LogP contribution in [-0.2, 0) is 11.3 Å². The summed E-state index contributed by atoms with van der Waals surface area (Å²) in [6.45, 7) is 0.192. The fourth-order valence-corrected chi connectivity index (χ4v) is 4.14. The maximum atomic E-state index is 12.8. The molecule has 2 aliphatic heterocycles. The van der Waals surface area contributed by atoms with Gasteiger partial charge in [-0.3, -0.25) is 14.5 Å². The Morgan fingerprint density at radius 2 is 1.97 bits per heavy atom. The number of thioether (sulfide) groups is 1. The van der Waals surface area contributed by atoms with E-state index in [0.29, 0.717) is 32.8 Å². The minimum absolute atomic E-state index is 0.0214. The average Bonchev–Trinajstić information content (AvgIpc) is 3.45. The van der Waals surface area contributed by atoms with Crippen LogP contribution < -0.4 is 9.47 Å². The van der Waals surface area contributed by atoms with Crippen molar-refractivity contribution in [1.29, 1.82) is 0 Å². The molecule has 0 saturated carbocycles. The van der Waals surface area contributed by atoms with E-state index in [4.69, 9.17) is 21.1 Å². The van der Waals surface area contributed by atoms with E-state index in [2.05, 4.69) is 10.3 Å². The summed E-state index contributed by atoms with van der Waals surface area (Å²) in [6, 6.07) is 12.5. The summed E-state index contributed by atoms with van der Waals surface area (Å²) >= 11 is 7.07. The minimum atomic E-state index is -0.380. The summed E-state index contributed by atoms with van der Waals surface area (Å²) < 4.78 is 12.2. The van der Waals surface area contributed by atoms with Crippen LogP contribution in [0, 0.1) is 0 Å². The van der Waals surface area contributed by atoms with Crippen molar-refractivity contribution >= 4 is 40.6 Å². The van der Waals surface area contributed by atoms with Gasteiger partial charge in [-0.15, -0.1) is 5.10 Å². The molecule has 0 bridgehead atoms. The molecule has 8 nitrogen and oxygen atoms in total. The third-order valence-electron chi connectivity index (χ3n) is 4.53. The Bertz CT molecular complexity index is 1210. The maximum absolute atomic E-state index is 12.8. The van der Waals surface area contributed by atoms with Crippen molar-refractivity contribution in [2.45, 2.75) is 6.54 Å².